The molecule has 1 aromatic carbocycles. The number of nitrogens with two attached hydrogens (primary N) is 1. The van der Waals surface area contributed by atoms with E-state index in [2.05, 4.69) is 5.32 Å². The van der Waals surface area contributed by atoms with E-state index >= 15 is 0 Å². The Bertz CT molecular complexity index is 560. The van der Waals surface area contributed by atoms with Crippen LogP contribution in [-0.4, -0.2) is 37.9 Å². The lowest BCUT2D eigenvalue weighted by molar-refractivity contribution is -0.117. The van der Waals surface area contributed by atoms with Crippen molar-refractivity contribution in [3.63, 3.8) is 0 Å². The van der Waals surface area contributed by atoms with Crippen molar-refractivity contribution in [2.75, 3.05) is 25.5 Å². The average molecular weight is 311 g/mol. The molecule has 0 fully saturated rings. The number of likely N-dealkylation sites (N-methyl/N-ethyl adjacent to an activating group) is 2. The molecule has 0 spiro atoms. The molecular weight excluding hydrogens is 292 g/mol. The van der Waals surface area contributed by atoms with Gasteiger partial charge in [-0.25, -0.2) is 0 Å². The van der Waals surface area contributed by atoms with Gasteiger partial charge < -0.3 is 20.9 Å². The lowest BCUT2D eigenvalue weighted by atomic mass is 10.2. The minimum Gasteiger partial charge on any atom is -0.383 e. The minimum absolute atomic E-state index is 0.0473. The van der Waals surface area contributed by atoms with Crippen molar-refractivity contribution in [3.05, 3.63) is 40.8 Å². The van der Waals surface area contributed by atoms with Gasteiger partial charge in [-0.3, -0.25) is 9.59 Å². The molecule has 0 aliphatic rings. The van der Waals surface area contributed by atoms with Gasteiger partial charge in [-0.1, -0.05) is 23.7 Å². The maximum atomic E-state index is 12.2. The van der Waals surface area contributed by atoms with Crippen molar-refractivity contribution in [2.24, 2.45) is 5.73 Å². The molecule has 6 nitrogen and oxygen atoms in total. The standard InChI is InChI=1S/C14H19ClN4O2/c1-4-19(11-8-6-5-7-10(11)15)12(14(21)17-2)13(16)18(3)9-20/h5-9H,4,16H2,1-3H3,(H,17,21)/b13-12+. The highest BCUT2D eigenvalue weighted by Crippen LogP contribution is 2.28. The van der Waals surface area contributed by atoms with E-state index in [9.17, 15) is 9.59 Å². The largest absolute Gasteiger partial charge is 0.383 e. The predicted molar refractivity (Wildman–Crippen MR) is 83.6 cm³/mol. The van der Waals surface area contributed by atoms with Crippen LogP contribution in [-0.2, 0) is 9.59 Å². The third kappa shape index (κ3) is 3.66. The number of carbonyl (C=O) groups is 2. The molecule has 1 aromatic rings. The molecule has 0 saturated carbocycles. The quantitative estimate of drug-likeness (QED) is 0.610. The number of nitrogens with one attached hydrogen (secondary N) is 1. The van der Waals surface area contributed by atoms with Gasteiger partial charge in [0.2, 0.25) is 6.41 Å². The average Bonchev–Trinajstić information content (AvgIpc) is 2.51. The lowest BCUT2D eigenvalue weighted by Gasteiger charge is -2.28. The van der Waals surface area contributed by atoms with Gasteiger partial charge in [-0.15, -0.1) is 0 Å². The first-order valence-corrected chi connectivity index (χ1v) is 6.77. The van der Waals surface area contributed by atoms with E-state index < -0.39 is 5.91 Å². The number of hydrogen-bond acceptors (Lipinski definition) is 4. The minimum atomic E-state index is -0.400. The molecule has 21 heavy (non-hydrogen) atoms. The summed E-state index contributed by atoms with van der Waals surface area (Å²) in [5, 5.41) is 3.01. The number of carbonyl (C=O) groups excluding carboxylic acids is 2. The third-order valence-corrected chi connectivity index (χ3v) is 3.27. The summed E-state index contributed by atoms with van der Waals surface area (Å²) in [6, 6.07) is 7.11. The Morgan fingerprint density at radius 3 is 2.52 bits per heavy atom. The zero-order valence-corrected chi connectivity index (χ0v) is 13.0. The number of amides is 2. The molecule has 114 valence electrons. The Kier molecular flexibility index (Phi) is 6.05. The molecule has 2 amide bonds. The number of benzene rings is 1. The number of rotatable bonds is 6. The number of hydrogen-bond donors (Lipinski definition) is 2. The Morgan fingerprint density at radius 1 is 1.43 bits per heavy atom. The summed E-state index contributed by atoms with van der Waals surface area (Å²) in [4.78, 5) is 25.9. The summed E-state index contributed by atoms with van der Waals surface area (Å²) in [7, 11) is 2.97. The first-order valence-electron chi connectivity index (χ1n) is 6.39. The molecule has 0 aliphatic heterocycles. The fourth-order valence-electron chi connectivity index (χ4n) is 1.84. The molecule has 0 unspecified atom stereocenters. The fourth-order valence-corrected chi connectivity index (χ4v) is 2.08. The maximum Gasteiger partial charge on any atom is 0.271 e. The normalized spacial score (nSPS) is 11.4. The first-order chi connectivity index (χ1) is 9.97. The molecule has 0 aromatic heterocycles. The van der Waals surface area contributed by atoms with Crippen LogP contribution < -0.4 is 16.0 Å². The third-order valence-electron chi connectivity index (χ3n) is 2.95. The molecule has 0 atom stereocenters. The smallest absolute Gasteiger partial charge is 0.271 e. The Hall–Kier alpha value is -2.21. The van der Waals surface area contributed by atoms with Crippen LogP contribution >= 0.6 is 11.6 Å². The van der Waals surface area contributed by atoms with E-state index in [1.54, 1.807) is 23.1 Å². The SMILES string of the molecule is CCN(/C(C(=O)NC)=C(\N)N(C)C=O)c1ccccc1Cl. The van der Waals surface area contributed by atoms with Crippen molar-refractivity contribution < 1.29 is 9.59 Å². The van der Waals surface area contributed by atoms with Crippen LogP contribution in [0.2, 0.25) is 5.02 Å². The van der Waals surface area contributed by atoms with Gasteiger partial charge >= 0.3 is 0 Å². The zero-order valence-electron chi connectivity index (χ0n) is 12.3. The van der Waals surface area contributed by atoms with Crippen molar-refractivity contribution in [1.29, 1.82) is 0 Å². The molecule has 0 radical (unpaired) electrons. The van der Waals surface area contributed by atoms with Crippen LogP contribution in [0.15, 0.2) is 35.8 Å². The van der Waals surface area contributed by atoms with Gasteiger partial charge in [0.05, 0.1) is 10.7 Å². The summed E-state index contributed by atoms with van der Waals surface area (Å²) < 4.78 is 0. The van der Waals surface area contributed by atoms with Crippen molar-refractivity contribution in [3.8, 4) is 0 Å². The van der Waals surface area contributed by atoms with E-state index in [1.165, 1.54) is 14.1 Å². The van der Waals surface area contributed by atoms with Gasteiger partial charge in [0.1, 0.15) is 11.5 Å². The highest BCUT2D eigenvalue weighted by atomic mass is 35.5. The summed E-state index contributed by atoms with van der Waals surface area (Å²) in [5.74, 6) is -0.353. The van der Waals surface area contributed by atoms with Gasteiger partial charge in [-0.05, 0) is 19.1 Å². The summed E-state index contributed by atoms with van der Waals surface area (Å²) in [6.45, 7) is 2.32. The van der Waals surface area contributed by atoms with Crippen molar-refractivity contribution in [1.82, 2.24) is 10.2 Å². The van der Waals surface area contributed by atoms with E-state index in [0.29, 0.717) is 23.7 Å². The Morgan fingerprint density at radius 2 is 2.05 bits per heavy atom. The van der Waals surface area contributed by atoms with E-state index in [1.807, 2.05) is 13.0 Å². The highest BCUT2D eigenvalue weighted by molar-refractivity contribution is 6.33. The van der Waals surface area contributed by atoms with Crippen LogP contribution in [0.3, 0.4) is 0 Å². The zero-order chi connectivity index (χ0) is 16.0. The van der Waals surface area contributed by atoms with Gasteiger partial charge in [0.15, 0.2) is 0 Å². The van der Waals surface area contributed by atoms with Gasteiger partial charge in [0.25, 0.3) is 5.91 Å². The van der Waals surface area contributed by atoms with Gasteiger partial charge in [-0.2, -0.15) is 0 Å². The van der Waals surface area contributed by atoms with Gasteiger partial charge in [0, 0.05) is 20.6 Å². The second-order valence-electron chi connectivity index (χ2n) is 4.22. The molecule has 0 heterocycles. The maximum absolute atomic E-state index is 12.2. The molecule has 3 N–H and O–H groups in total. The highest BCUT2D eigenvalue weighted by Gasteiger charge is 2.23. The van der Waals surface area contributed by atoms with E-state index in [0.717, 1.165) is 4.90 Å². The van der Waals surface area contributed by atoms with Crippen molar-refractivity contribution >= 4 is 29.6 Å². The van der Waals surface area contributed by atoms with Crippen molar-refractivity contribution in [2.45, 2.75) is 6.92 Å². The van der Waals surface area contributed by atoms with Crippen LogP contribution in [0.4, 0.5) is 5.69 Å². The lowest BCUT2D eigenvalue weighted by Crippen LogP contribution is -2.39. The number of anilines is 1. The second kappa shape index (κ2) is 7.54. The van der Waals surface area contributed by atoms with Crippen LogP contribution in [0, 0.1) is 0 Å². The monoisotopic (exact) mass is 310 g/mol. The fraction of sp³-hybridized carbons (Fsp3) is 0.286. The summed E-state index contributed by atoms with van der Waals surface area (Å²) >= 11 is 6.19. The topological polar surface area (TPSA) is 78.7 Å². The van der Waals surface area contributed by atoms with Crippen LogP contribution in [0.5, 0.6) is 0 Å². The molecular formula is C14H19ClN4O2. The molecule has 1 rings (SSSR count). The van der Waals surface area contributed by atoms with E-state index in [4.69, 9.17) is 17.3 Å². The first kappa shape index (κ1) is 16.8. The molecule has 7 heteroatoms. The second-order valence-corrected chi connectivity index (χ2v) is 4.63. The number of nitrogens with zero attached hydrogens (tertiary/aromatic N) is 2. The molecule has 0 bridgehead atoms. The Labute approximate surface area is 129 Å². The van der Waals surface area contributed by atoms with Crippen LogP contribution in [0.1, 0.15) is 6.92 Å². The predicted octanol–water partition coefficient (Wildman–Crippen LogP) is 1.13. The molecule has 0 aliphatic carbocycles. The van der Waals surface area contributed by atoms with Crippen LogP contribution in [0.25, 0.3) is 0 Å². The number of halogens is 1. The summed E-state index contributed by atoms with van der Waals surface area (Å²) in [5.41, 5.74) is 6.75. The molecule has 0 saturated heterocycles. The Balaban J connectivity index is 3.46. The summed E-state index contributed by atoms with van der Waals surface area (Å²) in [6.07, 6.45) is 0.540. The number of para-hydroxylation sites is 1. The van der Waals surface area contributed by atoms with E-state index in [-0.39, 0.29) is 11.5 Å².